The predicted octanol–water partition coefficient (Wildman–Crippen LogP) is 4.76. The molecular formula is C19H33ClN2O2S. The number of carbonyl (C=O) groups excluding carboxylic acids is 1. The third kappa shape index (κ3) is 4.72. The number of hydrazone groups is 1. The lowest BCUT2D eigenvalue weighted by molar-refractivity contribution is -0.138. The van der Waals surface area contributed by atoms with Crippen molar-refractivity contribution in [3.05, 3.63) is 0 Å². The van der Waals surface area contributed by atoms with Gasteiger partial charge in [-0.05, 0) is 71.0 Å². The summed E-state index contributed by atoms with van der Waals surface area (Å²) in [5.74, 6) is 0.981. The number of hydrogen-bond acceptors (Lipinski definition) is 4. The van der Waals surface area contributed by atoms with Gasteiger partial charge in [0.05, 0.1) is 5.54 Å². The average Bonchev–Trinajstić information content (AvgIpc) is 2.57. The minimum absolute atomic E-state index is 0.00669. The Labute approximate surface area is 162 Å². The maximum atomic E-state index is 13.1. The average molecular weight is 389 g/mol. The topological polar surface area (TPSA) is 41.9 Å². The lowest BCUT2D eigenvalue weighted by Gasteiger charge is -2.45. The van der Waals surface area contributed by atoms with Crippen LogP contribution in [0.15, 0.2) is 5.10 Å². The van der Waals surface area contributed by atoms with Gasteiger partial charge in [0.25, 0.3) is 5.91 Å². The van der Waals surface area contributed by atoms with Crippen LogP contribution in [-0.4, -0.2) is 46.3 Å². The molecule has 1 heterocycles. The molecular weight excluding hydrogens is 356 g/mol. The highest BCUT2D eigenvalue weighted by molar-refractivity contribution is 8.02. The summed E-state index contributed by atoms with van der Waals surface area (Å²) >= 11 is 8.36. The molecule has 0 spiro atoms. The van der Waals surface area contributed by atoms with Gasteiger partial charge in [-0.1, -0.05) is 18.5 Å². The molecule has 1 aliphatic heterocycles. The molecule has 0 bridgehead atoms. The number of halogens is 1. The largest absolute Gasteiger partial charge is 0.381 e. The van der Waals surface area contributed by atoms with Crippen LogP contribution in [0, 0.1) is 17.8 Å². The first-order valence-electron chi connectivity index (χ1n) is 9.44. The van der Waals surface area contributed by atoms with Crippen molar-refractivity contribution in [3.8, 4) is 0 Å². The van der Waals surface area contributed by atoms with Gasteiger partial charge >= 0.3 is 0 Å². The zero-order valence-corrected chi connectivity index (χ0v) is 17.8. The van der Waals surface area contributed by atoms with Crippen LogP contribution in [0.1, 0.15) is 59.8 Å². The summed E-state index contributed by atoms with van der Waals surface area (Å²) < 4.78 is 4.78. The highest BCUT2D eigenvalue weighted by atomic mass is 35.5. The van der Waals surface area contributed by atoms with E-state index in [9.17, 15) is 4.79 Å². The first-order chi connectivity index (χ1) is 11.7. The van der Waals surface area contributed by atoms with Crippen LogP contribution >= 0.6 is 23.4 Å². The lowest BCUT2D eigenvalue weighted by Crippen LogP contribution is -2.57. The highest BCUT2D eigenvalue weighted by Gasteiger charge is 2.53. The second kappa shape index (κ2) is 8.62. The summed E-state index contributed by atoms with van der Waals surface area (Å²) in [6.45, 7) is 9.82. The number of hydrogen-bond donors (Lipinski definition) is 0. The second-order valence-electron chi connectivity index (χ2n) is 8.28. The molecule has 4 nitrogen and oxygen atoms in total. The van der Waals surface area contributed by atoms with E-state index in [4.69, 9.17) is 16.3 Å². The van der Waals surface area contributed by atoms with E-state index in [1.165, 1.54) is 11.8 Å². The fourth-order valence-corrected chi connectivity index (χ4v) is 4.91. The van der Waals surface area contributed by atoms with Crippen molar-refractivity contribution < 1.29 is 9.53 Å². The van der Waals surface area contributed by atoms with Crippen molar-refractivity contribution in [3.63, 3.8) is 0 Å². The van der Waals surface area contributed by atoms with Gasteiger partial charge in [0, 0.05) is 25.3 Å². The number of amides is 1. The van der Waals surface area contributed by atoms with Gasteiger partial charge in [-0.15, -0.1) is 11.8 Å². The molecule has 2 unspecified atom stereocenters. The summed E-state index contributed by atoms with van der Waals surface area (Å²) in [6, 6.07) is 0. The lowest BCUT2D eigenvalue weighted by atomic mass is 9.74. The fraction of sp³-hybridized carbons (Fsp3) is 0.895. The van der Waals surface area contributed by atoms with E-state index >= 15 is 0 Å². The minimum atomic E-state index is -0.939. The number of alkyl halides is 1. The number of nitrogens with zero attached hydrogens (tertiary/aromatic N) is 2. The van der Waals surface area contributed by atoms with Gasteiger partial charge in [0.1, 0.15) is 0 Å². The molecule has 2 rings (SSSR count). The summed E-state index contributed by atoms with van der Waals surface area (Å²) in [4.78, 5) is 13.1. The van der Waals surface area contributed by atoms with Crippen LogP contribution in [0.2, 0.25) is 0 Å². The van der Waals surface area contributed by atoms with Crippen LogP contribution in [0.3, 0.4) is 0 Å². The van der Waals surface area contributed by atoms with E-state index in [0.29, 0.717) is 11.8 Å². The molecule has 0 aromatic carbocycles. The number of carbonyl (C=O) groups is 1. The highest BCUT2D eigenvalue weighted by Crippen LogP contribution is 2.48. The monoisotopic (exact) mass is 388 g/mol. The van der Waals surface area contributed by atoms with Gasteiger partial charge in [-0.2, -0.15) is 5.10 Å². The van der Waals surface area contributed by atoms with E-state index in [1.807, 2.05) is 33.2 Å². The second-order valence-corrected chi connectivity index (χ2v) is 10.2. The SMILES string of the molecule is CCCOCC1CCC(C2C=NN(C(C)(C)C)C(=O)C2(Cl)SC)CC1. The molecule has 0 saturated heterocycles. The van der Waals surface area contributed by atoms with Gasteiger partial charge < -0.3 is 4.74 Å². The summed E-state index contributed by atoms with van der Waals surface area (Å²) in [6.07, 6.45) is 9.43. The molecule has 0 aromatic heterocycles. The van der Waals surface area contributed by atoms with E-state index < -0.39 is 4.21 Å². The van der Waals surface area contributed by atoms with Crippen LogP contribution in [0.25, 0.3) is 0 Å². The van der Waals surface area contributed by atoms with Gasteiger partial charge in [0.15, 0.2) is 4.21 Å². The molecule has 6 heteroatoms. The predicted molar refractivity (Wildman–Crippen MR) is 107 cm³/mol. The van der Waals surface area contributed by atoms with Gasteiger partial charge in [-0.3, -0.25) is 4.79 Å². The number of ether oxygens (including phenoxy) is 1. The molecule has 1 aliphatic carbocycles. The molecule has 1 fully saturated rings. The first-order valence-corrected chi connectivity index (χ1v) is 11.0. The standard InChI is InChI=1S/C19H33ClN2O2S/c1-6-11-24-13-14-7-9-15(10-8-14)16-12-21-22(18(2,3)4)17(23)19(16,20)25-5/h12,14-16H,6-11,13H2,1-5H3. The maximum Gasteiger partial charge on any atom is 0.275 e. The van der Waals surface area contributed by atoms with Crippen LogP contribution in [-0.2, 0) is 9.53 Å². The van der Waals surface area contributed by atoms with Crippen LogP contribution in [0.5, 0.6) is 0 Å². The summed E-state index contributed by atoms with van der Waals surface area (Å²) in [7, 11) is 0. The smallest absolute Gasteiger partial charge is 0.275 e. The van der Waals surface area contributed by atoms with E-state index in [2.05, 4.69) is 12.0 Å². The molecule has 1 saturated carbocycles. The van der Waals surface area contributed by atoms with E-state index in [0.717, 1.165) is 45.3 Å². The van der Waals surface area contributed by atoms with Crippen molar-refractivity contribution in [2.75, 3.05) is 19.5 Å². The Hall–Kier alpha value is -0.260. The van der Waals surface area contributed by atoms with Crippen molar-refractivity contribution in [2.24, 2.45) is 22.9 Å². The molecule has 2 aliphatic rings. The van der Waals surface area contributed by atoms with Crippen molar-refractivity contribution in [1.82, 2.24) is 5.01 Å². The third-order valence-electron chi connectivity index (χ3n) is 5.29. The first kappa shape index (κ1) is 21.0. The van der Waals surface area contributed by atoms with E-state index in [1.54, 1.807) is 5.01 Å². The Balaban J connectivity index is 2.05. The molecule has 0 radical (unpaired) electrons. The molecule has 25 heavy (non-hydrogen) atoms. The fourth-order valence-electron chi connectivity index (χ4n) is 3.81. The van der Waals surface area contributed by atoms with Gasteiger partial charge in [-0.25, -0.2) is 5.01 Å². The maximum absolute atomic E-state index is 13.1. The van der Waals surface area contributed by atoms with Crippen molar-refractivity contribution in [2.45, 2.75) is 69.5 Å². The zero-order valence-electron chi connectivity index (χ0n) is 16.3. The van der Waals surface area contributed by atoms with E-state index in [-0.39, 0.29) is 17.4 Å². The van der Waals surface area contributed by atoms with Crippen molar-refractivity contribution >= 4 is 35.5 Å². The number of rotatable bonds is 6. The molecule has 144 valence electrons. The van der Waals surface area contributed by atoms with Crippen LogP contribution < -0.4 is 0 Å². The van der Waals surface area contributed by atoms with Gasteiger partial charge in [0.2, 0.25) is 0 Å². The Kier molecular flexibility index (Phi) is 7.26. The number of thioether (sulfide) groups is 1. The third-order valence-corrected chi connectivity index (χ3v) is 7.21. The zero-order chi connectivity index (χ0) is 18.7. The molecule has 2 atom stereocenters. The Bertz CT molecular complexity index is 486. The normalized spacial score (nSPS) is 33.8. The van der Waals surface area contributed by atoms with Crippen LogP contribution in [0.4, 0.5) is 0 Å². The Morgan fingerprint density at radius 1 is 1.36 bits per heavy atom. The Morgan fingerprint density at radius 3 is 2.52 bits per heavy atom. The molecule has 1 amide bonds. The Morgan fingerprint density at radius 2 is 2.00 bits per heavy atom. The quantitative estimate of drug-likeness (QED) is 0.486. The van der Waals surface area contributed by atoms with Crippen molar-refractivity contribution in [1.29, 1.82) is 0 Å². The summed E-state index contributed by atoms with van der Waals surface area (Å²) in [5, 5.41) is 6.05. The summed E-state index contributed by atoms with van der Waals surface area (Å²) in [5.41, 5.74) is -0.358. The minimum Gasteiger partial charge on any atom is -0.381 e. The molecule has 0 N–H and O–H groups in total. The molecule has 0 aromatic rings.